The van der Waals surface area contributed by atoms with Gasteiger partial charge in [0.1, 0.15) is 0 Å². The molecule has 0 saturated heterocycles. The number of aryl methyl sites for hydroxylation is 1. The van der Waals surface area contributed by atoms with Gasteiger partial charge in [-0.2, -0.15) is 4.31 Å². The Morgan fingerprint density at radius 1 is 1.10 bits per heavy atom. The number of anilines is 1. The van der Waals surface area contributed by atoms with Crippen molar-refractivity contribution in [3.05, 3.63) is 54.1 Å². The number of rotatable bonds is 9. The van der Waals surface area contributed by atoms with Crippen molar-refractivity contribution in [3.63, 3.8) is 0 Å². The van der Waals surface area contributed by atoms with Gasteiger partial charge in [0.2, 0.25) is 21.8 Å². The zero-order valence-electron chi connectivity index (χ0n) is 17.5. The van der Waals surface area contributed by atoms with Crippen LogP contribution in [-0.2, 0) is 14.8 Å². The molecule has 1 aromatic heterocycles. The van der Waals surface area contributed by atoms with E-state index in [0.717, 1.165) is 17.3 Å². The molecular weight excluding hydrogens is 436 g/mol. The minimum atomic E-state index is -3.63. The van der Waals surface area contributed by atoms with Crippen molar-refractivity contribution in [2.24, 2.45) is 0 Å². The number of aromatic nitrogens is 2. The monoisotopic (exact) mass is 460 g/mol. The van der Waals surface area contributed by atoms with E-state index >= 15 is 0 Å². The molecule has 0 saturated carbocycles. The van der Waals surface area contributed by atoms with E-state index < -0.39 is 10.0 Å². The molecule has 0 aliphatic rings. The molecule has 164 valence electrons. The van der Waals surface area contributed by atoms with Gasteiger partial charge in [-0.15, -0.1) is 10.2 Å². The van der Waals surface area contributed by atoms with Crippen molar-refractivity contribution < 1.29 is 17.6 Å². The van der Waals surface area contributed by atoms with E-state index in [2.05, 4.69) is 15.5 Å². The van der Waals surface area contributed by atoms with Gasteiger partial charge in [0.15, 0.2) is 0 Å². The Balaban J connectivity index is 1.66. The average Bonchev–Trinajstić information content (AvgIpc) is 3.24. The fourth-order valence-electron chi connectivity index (χ4n) is 2.95. The number of nitrogens with one attached hydrogen (secondary N) is 1. The lowest BCUT2D eigenvalue weighted by Gasteiger charge is -2.20. The highest BCUT2D eigenvalue weighted by atomic mass is 32.2. The Hall–Kier alpha value is -2.69. The van der Waals surface area contributed by atoms with E-state index in [4.69, 9.17) is 4.42 Å². The standard InChI is InChI=1S/C21H24N4O4S2/c1-4-25(5-2)31(27,28)18-13-17(12-11-15(18)3)22-19(26)14-30-21-24-23-20(29-21)16-9-7-6-8-10-16/h6-13H,4-5,14H2,1-3H3,(H,22,26). The van der Waals surface area contributed by atoms with Crippen molar-refractivity contribution in [2.45, 2.75) is 30.9 Å². The van der Waals surface area contributed by atoms with Gasteiger partial charge in [-0.25, -0.2) is 8.42 Å². The summed E-state index contributed by atoms with van der Waals surface area (Å²) >= 11 is 1.11. The molecule has 8 nitrogen and oxygen atoms in total. The van der Waals surface area contributed by atoms with Gasteiger partial charge in [0.25, 0.3) is 5.22 Å². The minimum absolute atomic E-state index is 0.0441. The molecule has 0 unspecified atom stereocenters. The quantitative estimate of drug-likeness (QED) is 0.484. The maximum absolute atomic E-state index is 12.9. The number of amides is 1. The number of thioether (sulfide) groups is 1. The molecule has 0 bridgehead atoms. The van der Waals surface area contributed by atoms with Crippen LogP contribution in [0.5, 0.6) is 0 Å². The first-order chi connectivity index (χ1) is 14.8. The van der Waals surface area contributed by atoms with Gasteiger partial charge >= 0.3 is 0 Å². The van der Waals surface area contributed by atoms with Gasteiger partial charge in [-0.1, -0.05) is 49.9 Å². The highest BCUT2D eigenvalue weighted by molar-refractivity contribution is 7.99. The van der Waals surface area contributed by atoms with Crippen molar-refractivity contribution in [2.75, 3.05) is 24.2 Å². The third-order valence-electron chi connectivity index (χ3n) is 4.55. The fourth-order valence-corrected chi connectivity index (χ4v) is 5.22. The van der Waals surface area contributed by atoms with Crippen LogP contribution >= 0.6 is 11.8 Å². The third kappa shape index (κ3) is 5.52. The topological polar surface area (TPSA) is 105 Å². The van der Waals surface area contributed by atoms with E-state index in [-0.39, 0.29) is 21.8 Å². The van der Waals surface area contributed by atoms with Crippen LogP contribution in [0, 0.1) is 6.92 Å². The lowest BCUT2D eigenvalue weighted by atomic mass is 10.2. The van der Waals surface area contributed by atoms with E-state index in [1.54, 1.807) is 32.9 Å². The average molecular weight is 461 g/mol. The summed E-state index contributed by atoms with van der Waals surface area (Å²) < 4.78 is 32.7. The minimum Gasteiger partial charge on any atom is -0.411 e. The zero-order chi connectivity index (χ0) is 22.4. The number of sulfonamides is 1. The summed E-state index contributed by atoms with van der Waals surface area (Å²) in [5.41, 5.74) is 1.84. The highest BCUT2D eigenvalue weighted by Crippen LogP contribution is 2.25. The molecule has 10 heteroatoms. The van der Waals surface area contributed by atoms with Crippen LogP contribution in [0.25, 0.3) is 11.5 Å². The number of benzene rings is 2. The van der Waals surface area contributed by atoms with E-state index in [1.807, 2.05) is 30.3 Å². The predicted octanol–water partition coefficient (Wildman–Crippen LogP) is 3.81. The molecular formula is C21H24N4O4S2. The normalized spacial score (nSPS) is 11.6. The van der Waals surface area contributed by atoms with Crippen LogP contribution in [-0.4, -0.2) is 47.7 Å². The maximum Gasteiger partial charge on any atom is 0.277 e. The second-order valence-electron chi connectivity index (χ2n) is 6.65. The number of carbonyl (C=O) groups is 1. The lowest BCUT2D eigenvalue weighted by molar-refractivity contribution is -0.113. The Labute approximate surface area is 186 Å². The van der Waals surface area contributed by atoms with E-state index in [9.17, 15) is 13.2 Å². The Morgan fingerprint density at radius 2 is 1.81 bits per heavy atom. The maximum atomic E-state index is 12.9. The molecule has 1 N–H and O–H groups in total. The Kier molecular flexibility index (Phi) is 7.47. The van der Waals surface area contributed by atoms with Crippen LogP contribution in [0.2, 0.25) is 0 Å². The van der Waals surface area contributed by atoms with Crippen LogP contribution < -0.4 is 5.32 Å². The molecule has 1 heterocycles. The molecule has 0 aliphatic carbocycles. The van der Waals surface area contributed by atoms with Crippen molar-refractivity contribution in [1.29, 1.82) is 0 Å². The number of carbonyl (C=O) groups excluding carboxylic acids is 1. The van der Waals surface area contributed by atoms with Crippen molar-refractivity contribution >= 4 is 33.4 Å². The van der Waals surface area contributed by atoms with Gasteiger partial charge in [-0.05, 0) is 36.8 Å². The molecule has 3 aromatic rings. The largest absolute Gasteiger partial charge is 0.411 e. The van der Waals surface area contributed by atoms with E-state index in [1.165, 1.54) is 10.4 Å². The molecule has 0 radical (unpaired) electrons. The molecule has 0 atom stereocenters. The predicted molar refractivity (Wildman–Crippen MR) is 120 cm³/mol. The van der Waals surface area contributed by atoms with Gasteiger partial charge in [0.05, 0.1) is 10.6 Å². The molecule has 2 aromatic carbocycles. The molecule has 0 spiro atoms. The summed E-state index contributed by atoms with van der Waals surface area (Å²) in [6.07, 6.45) is 0. The summed E-state index contributed by atoms with van der Waals surface area (Å²) in [5, 5.41) is 11.0. The first kappa shape index (κ1) is 23.0. The summed E-state index contributed by atoms with van der Waals surface area (Å²) in [7, 11) is -3.63. The SMILES string of the molecule is CCN(CC)S(=O)(=O)c1cc(NC(=O)CSc2nnc(-c3ccccc3)o2)ccc1C. The van der Waals surface area contributed by atoms with Crippen LogP contribution in [0.4, 0.5) is 5.69 Å². The third-order valence-corrected chi connectivity index (χ3v) is 7.56. The van der Waals surface area contributed by atoms with Crippen molar-refractivity contribution in [3.8, 4) is 11.5 Å². The molecule has 0 aliphatic heterocycles. The summed E-state index contributed by atoms with van der Waals surface area (Å²) in [6, 6.07) is 14.2. The second kappa shape index (κ2) is 10.1. The first-order valence-electron chi connectivity index (χ1n) is 9.77. The summed E-state index contributed by atoms with van der Waals surface area (Å²) in [4.78, 5) is 12.6. The molecule has 3 rings (SSSR count). The van der Waals surface area contributed by atoms with Crippen LogP contribution in [0.15, 0.2) is 63.1 Å². The van der Waals surface area contributed by atoms with Gasteiger partial charge in [-0.3, -0.25) is 4.79 Å². The smallest absolute Gasteiger partial charge is 0.277 e. The second-order valence-corrected chi connectivity index (χ2v) is 9.48. The Morgan fingerprint density at radius 3 is 2.48 bits per heavy atom. The fraction of sp³-hybridized carbons (Fsp3) is 0.286. The Bertz CT molecular complexity index is 1140. The van der Waals surface area contributed by atoms with Gasteiger partial charge < -0.3 is 9.73 Å². The van der Waals surface area contributed by atoms with Gasteiger partial charge in [0, 0.05) is 24.3 Å². The number of nitrogens with zero attached hydrogens (tertiary/aromatic N) is 3. The van der Waals surface area contributed by atoms with E-state index in [0.29, 0.717) is 30.2 Å². The summed E-state index contributed by atoms with van der Waals surface area (Å²) in [6.45, 7) is 6.07. The highest BCUT2D eigenvalue weighted by Gasteiger charge is 2.24. The molecule has 0 fully saturated rings. The number of hydrogen-bond acceptors (Lipinski definition) is 7. The molecule has 31 heavy (non-hydrogen) atoms. The van der Waals surface area contributed by atoms with Crippen LogP contribution in [0.1, 0.15) is 19.4 Å². The lowest BCUT2D eigenvalue weighted by Crippen LogP contribution is -2.31. The molecule has 1 amide bonds. The first-order valence-corrected chi connectivity index (χ1v) is 12.2. The zero-order valence-corrected chi connectivity index (χ0v) is 19.2. The number of hydrogen-bond donors (Lipinski definition) is 1. The van der Waals surface area contributed by atoms with Crippen molar-refractivity contribution in [1.82, 2.24) is 14.5 Å². The van der Waals surface area contributed by atoms with Crippen LogP contribution in [0.3, 0.4) is 0 Å². The summed E-state index contributed by atoms with van der Waals surface area (Å²) in [5.74, 6) is 0.121.